The normalized spacial score (nSPS) is 17.1. The van der Waals surface area contributed by atoms with Gasteiger partial charge in [-0.05, 0) is 57.4 Å². The molecule has 0 radical (unpaired) electrons. The molecule has 0 bridgehead atoms. The summed E-state index contributed by atoms with van der Waals surface area (Å²) in [6, 6.07) is 10.5. The molecule has 1 unspecified atom stereocenters. The van der Waals surface area contributed by atoms with Gasteiger partial charge < -0.3 is 9.47 Å². The maximum absolute atomic E-state index is 5.76. The second-order valence-electron chi connectivity index (χ2n) is 11.3. The van der Waals surface area contributed by atoms with E-state index in [-0.39, 0.29) is 5.60 Å². The van der Waals surface area contributed by atoms with Crippen molar-refractivity contribution < 1.29 is 9.47 Å². The highest BCUT2D eigenvalue weighted by molar-refractivity contribution is 5.13. The van der Waals surface area contributed by atoms with E-state index >= 15 is 0 Å². The van der Waals surface area contributed by atoms with Crippen LogP contribution < -0.4 is 0 Å². The molecule has 2 nitrogen and oxygen atoms in total. The molecule has 35 heavy (non-hydrogen) atoms. The number of ether oxygens (including phenoxy) is 2. The van der Waals surface area contributed by atoms with Crippen LogP contribution in [-0.4, -0.2) is 18.3 Å². The van der Waals surface area contributed by atoms with E-state index < -0.39 is 0 Å². The highest BCUT2D eigenvalue weighted by atomic mass is 16.6. The Morgan fingerprint density at radius 2 is 1.31 bits per heavy atom. The Morgan fingerprint density at radius 3 is 1.91 bits per heavy atom. The first-order valence-corrected chi connectivity index (χ1v) is 14.8. The summed E-state index contributed by atoms with van der Waals surface area (Å²) in [6.07, 6.45) is 22.8. The van der Waals surface area contributed by atoms with E-state index in [9.17, 15) is 0 Å². The SMILES string of the molecule is C[C@@H](CCC#CCCCCCCCCCCCCCCOCc1ccccc1)CCC1OC1(C)C. The average molecular weight is 483 g/mol. The van der Waals surface area contributed by atoms with E-state index in [1.165, 1.54) is 102 Å². The van der Waals surface area contributed by atoms with Crippen molar-refractivity contribution in [3.8, 4) is 11.8 Å². The molecule has 198 valence electrons. The van der Waals surface area contributed by atoms with Gasteiger partial charge in [-0.1, -0.05) is 101 Å². The van der Waals surface area contributed by atoms with Gasteiger partial charge in [0, 0.05) is 19.4 Å². The average Bonchev–Trinajstić information content (AvgIpc) is 3.48. The third kappa shape index (κ3) is 16.1. The fourth-order valence-corrected chi connectivity index (χ4v) is 4.76. The molecule has 1 heterocycles. The molecular formula is C33H54O2. The first kappa shape index (κ1) is 29.9. The fourth-order valence-electron chi connectivity index (χ4n) is 4.76. The lowest BCUT2D eigenvalue weighted by Crippen LogP contribution is -2.05. The van der Waals surface area contributed by atoms with Crippen LogP contribution in [0.15, 0.2) is 30.3 Å². The molecule has 0 saturated carbocycles. The minimum absolute atomic E-state index is 0.152. The zero-order valence-corrected chi connectivity index (χ0v) is 23.3. The largest absolute Gasteiger partial charge is 0.377 e. The van der Waals surface area contributed by atoms with Gasteiger partial charge in [0.1, 0.15) is 0 Å². The molecular weight excluding hydrogens is 428 g/mol. The van der Waals surface area contributed by atoms with Crippen LogP contribution in [0.4, 0.5) is 0 Å². The minimum atomic E-state index is 0.152. The van der Waals surface area contributed by atoms with Crippen molar-refractivity contribution in [2.24, 2.45) is 5.92 Å². The Kier molecular flexibility index (Phi) is 16.2. The van der Waals surface area contributed by atoms with Crippen LogP contribution in [0.5, 0.6) is 0 Å². The molecule has 2 heteroatoms. The molecule has 0 spiro atoms. The summed E-state index contributed by atoms with van der Waals surface area (Å²) in [5, 5.41) is 0. The molecule has 1 aliphatic rings. The second-order valence-corrected chi connectivity index (χ2v) is 11.3. The highest BCUT2D eigenvalue weighted by Gasteiger charge is 2.46. The van der Waals surface area contributed by atoms with Crippen molar-refractivity contribution >= 4 is 0 Å². The highest BCUT2D eigenvalue weighted by Crippen LogP contribution is 2.39. The van der Waals surface area contributed by atoms with Crippen molar-refractivity contribution in [2.75, 3.05) is 6.61 Å². The standard InChI is InChI=1S/C33H54O2/c1-30(26-27-32-33(2,3)35-32)23-19-16-14-12-10-8-6-4-5-7-9-11-13-15-17-22-28-34-29-31-24-20-18-21-25-31/h18,20-21,24-25,30,32H,4-13,15,17,19,22-23,26-29H2,1-3H3/t30-,32?/m0/s1. The number of epoxide rings is 1. The molecule has 2 atom stereocenters. The third-order valence-corrected chi connectivity index (χ3v) is 7.42. The van der Waals surface area contributed by atoms with Crippen molar-refractivity contribution in [3.05, 3.63) is 35.9 Å². The van der Waals surface area contributed by atoms with Crippen LogP contribution in [0.3, 0.4) is 0 Å². The molecule has 1 aromatic rings. The lowest BCUT2D eigenvalue weighted by Gasteiger charge is -2.07. The molecule has 2 rings (SSSR count). The van der Waals surface area contributed by atoms with Gasteiger partial charge in [0.15, 0.2) is 0 Å². The van der Waals surface area contributed by atoms with Crippen LogP contribution in [0, 0.1) is 17.8 Å². The number of hydrogen-bond acceptors (Lipinski definition) is 2. The van der Waals surface area contributed by atoms with Gasteiger partial charge in [-0.3, -0.25) is 0 Å². The van der Waals surface area contributed by atoms with Gasteiger partial charge in [0.2, 0.25) is 0 Å². The van der Waals surface area contributed by atoms with E-state index in [0.29, 0.717) is 6.10 Å². The van der Waals surface area contributed by atoms with E-state index in [4.69, 9.17) is 9.47 Å². The minimum Gasteiger partial charge on any atom is -0.377 e. The zero-order valence-electron chi connectivity index (χ0n) is 23.3. The first-order valence-electron chi connectivity index (χ1n) is 14.8. The topological polar surface area (TPSA) is 21.8 Å². The molecule has 1 aromatic carbocycles. The Morgan fingerprint density at radius 1 is 0.771 bits per heavy atom. The lowest BCUT2D eigenvalue weighted by atomic mass is 9.96. The summed E-state index contributed by atoms with van der Waals surface area (Å²) in [5.74, 6) is 7.58. The van der Waals surface area contributed by atoms with E-state index in [2.05, 4.69) is 62.9 Å². The van der Waals surface area contributed by atoms with Crippen LogP contribution in [0.2, 0.25) is 0 Å². The molecule has 0 N–H and O–H groups in total. The van der Waals surface area contributed by atoms with Crippen molar-refractivity contribution in [2.45, 2.75) is 148 Å². The molecule has 1 aliphatic heterocycles. The summed E-state index contributed by atoms with van der Waals surface area (Å²) in [5.41, 5.74) is 1.43. The van der Waals surface area contributed by atoms with E-state index in [1.807, 2.05) is 0 Å². The molecule has 1 saturated heterocycles. The number of unbranched alkanes of at least 4 members (excludes halogenated alkanes) is 12. The third-order valence-electron chi connectivity index (χ3n) is 7.42. The van der Waals surface area contributed by atoms with Crippen LogP contribution in [-0.2, 0) is 16.1 Å². The lowest BCUT2D eigenvalue weighted by molar-refractivity contribution is 0.116. The Labute approximate surface area is 218 Å². The van der Waals surface area contributed by atoms with Crippen LogP contribution in [0.25, 0.3) is 0 Å². The summed E-state index contributed by atoms with van der Waals surface area (Å²) in [6.45, 7) is 8.41. The van der Waals surface area contributed by atoms with Gasteiger partial charge in [0.05, 0.1) is 18.3 Å². The number of benzene rings is 1. The Bertz CT molecular complexity index is 684. The van der Waals surface area contributed by atoms with Crippen molar-refractivity contribution in [1.82, 2.24) is 0 Å². The van der Waals surface area contributed by atoms with Gasteiger partial charge >= 0.3 is 0 Å². The predicted octanol–water partition coefficient (Wildman–Crippen LogP) is 9.65. The molecule has 0 aliphatic carbocycles. The first-order chi connectivity index (χ1) is 17.1. The van der Waals surface area contributed by atoms with Crippen molar-refractivity contribution in [3.63, 3.8) is 0 Å². The summed E-state index contributed by atoms with van der Waals surface area (Å²) >= 11 is 0. The summed E-state index contributed by atoms with van der Waals surface area (Å²) in [7, 11) is 0. The van der Waals surface area contributed by atoms with Crippen LogP contribution in [0.1, 0.15) is 135 Å². The smallest absolute Gasteiger partial charge is 0.0892 e. The molecule has 0 aromatic heterocycles. The van der Waals surface area contributed by atoms with Crippen molar-refractivity contribution in [1.29, 1.82) is 0 Å². The fraction of sp³-hybridized carbons (Fsp3) is 0.758. The quantitative estimate of drug-likeness (QED) is 0.0988. The van der Waals surface area contributed by atoms with E-state index in [0.717, 1.165) is 32.0 Å². The van der Waals surface area contributed by atoms with Gasteiger partial charge in [0.25, 0.3) is 0 Å². The Balaban J connectivity index is 1.23. The van der Waals surface area contributed by atoms with E-state index in [1.54, 1.807) is 0 Å². The maximum atomic E-state index is 5.76. The van der Waals surface area contributed by atoms with Gasteiger partial charge in [-0.2, -0.15) is 0 Å². The Hall–Kier alpha value is -1.30. The van der Waals surface area contributed by atoms with Gasteiger partial charge in [-0.15, -0.1) is 11.8 Å². The monoisotopic (exact) mass is 482 g/mol. The zero-order chi connectivity index (χ0) is 25.0. The molecule has 0 amide bonds. The maximum Gasteiger partial charge on any atom is 0.0892 e. The number of rotatable bonds is 21. The van der Waals surface area contributed by atoms with Gasteiger partial charge in [-0.25, -0.2) is 0 Å². The van der Waals surface area contributed by atoms with Crippen LogP contribution >= 0.6 is 0 Å². The predicted molar refractivity (Wildman–Crippen MR) is 150 cm³/mol. The molecule has 1 fully saturated rings. The number of hydrogen-bond donors (Lipinski definition) is 0. The summed E-state index contributed by atoms with van der Waals surface area (Å²) in [4.78, 5) is 0. The second kappa shape index (κ2) is 18.9. The summed E-state index contributed by atoms with van der Waals surface area (Å²) < 4.78 is 11.4.